The van der Waals surface area contributed by atoms with Crippen molar-refractivity contribution in [2.75, 3.05) is 18.1 Å². The number of fused-ring (bicyclic) bond motifs is 1. The van der Waals surface area contributed by atoms with Gasteiger partial charge in [0, 0.05) is 19.0 Å². The lowest BCUT2D eigenvalue weighted by atomic mass is 10.00. The molecule has 2 N–H and O–H groups in total. The number of nitrogens with zero attached hydrogens (tertiary/aromatic N) is 4. The van der Waals surface area contributed by atoms with Gasteiger partial charge in [-0.25, -0.2) is 4.68 Å². The first-order valence-electron chi connectivity index (χ1n) is 7.90. The number of aromatic nitrogens is 3. The van der Waals surface area contributed by atoms with Crippen LogP contribution in [-0.2, 0) is 17.8 Å². The number of nitrogen functional groups attached to an aromatic ring is 1. The Hall–Kier alpha value is -2.02. The number of amides is 1. The van der Waals surface area contributed by atoms with Gasteiger partial charge in [0.15, 0.2) is 5.82 Å². The largest absolute Gasteiger partial charge is 0.337 e. The number of thioether (sulfide) groups is 1. The summed E-state index contributed by atoms with van der Waals surface area (Å²) >= 11 is 1.37. The van der Waals surface area contributed by atoms with E-state index in [0.29, 0.717) is 23.4 Å². The maximum atomic E-state index is 12.5. The molecular weight excluding hydrogens is 310 g/mol. The second-order valence-electron chi connectivity index (χ2n) is 6.11. The molecule has 0 bridgehead atoms. The van der Waals surface area contributed by atoms with Crippen LogP contribution in [-0.4, -0.2) is 38.0 Å². The Kier molecular flexibility index (Phi) is 3.72. The van der Waals surface area contributed by atoms with E-state index in [0.717, 1.165) is 31.6 Å². The topological polar surface area (TPSA) is 77.0 Å². The number of hydrogen-bond donors (Lipinski definition) is 1. The Morgan fingerprint density at radius 2 is 2.04 bits per heavy atom. The Labute approximate surface area is 139 Å². The van der Waals surface area contributed by atoms with Crippen molar-refractivity contribution in [2.24, 2.45) is 0 Å². The second-order valence-corrected chi connectivity index (χ2v) is 7.05. The molecule has 0 spiro atoms. The summed E-state index contributed by atoms with van der Waals surface area (Å²) in [5.74, 6) is 7.79. The average Bonchev–Trinajstić information content (AvgIpc) is 3.36. The molecule has 1 fully saturated rings. The fourth-order valence-electron chi connectivity index (χ4n) is 2.93. The van der Waals surface area contributed by atoms with Gasteiger partial charge in [-0.05, 0) is 30.4 Å². The maximum absolute atomic E-state index is 12.5. The highest BCUT2D eigenvalue weighted by Gasteiger charge is 2.30. The molecule has 1 saturated carbocycles. The average molecular weight is 329 g/mol. The van der Waals surface area contributed by atoms with Crippen LogP contribution in [0.1, 0.15) is 35.7 Å². The van der Waals surface area contributed by atoms with Gasteiger partial charge < -0.3 is 10.7 Å². The van der Waals surface area contributed by atoms with Crippen molar-refractivity contribution < 1.29 is 4.79 Å². The molecule has 1 aliphatic carbocycles. The Balaban J connectivity index is 1.37. The van der Waals surface area contributed by atoms with Gasteiger partial charge in [-0.2, -0.15) is 0 Å². The van der Waals surface area contributed by atoms with E-state index in [1.165, 1.54) is 22.9 Å². The minimum atomic E-state index is 0.125. The molecule has 4 rings (SSSR count). The molecule has 1 aliphatic heterocycles. The van der Waals surface area contributed by atoms with Crippen molar-refractivity contribution >= 4 is 17.7 Å². The van der Waals surface area contributed by atoms with E-state index in [2.05, 4.69) is 28.4 Å². The van der Waals surface area contributed by atoms with E-state index in [1.807, 2.05) is 11.0 Å². The predicted molar refractivity (Wildman–Crippen MR) is 88.4 cm³/mol. The van der Waals surface area contributed by atoms with Gasteiger partial charge in [0.05, 0.1) is 5.75 Å². The van der Waals surface area contributed by atoms with Crippen molar-refractivity contribution in [3.05, 3.63) is 41.2 Å². The molecule has 1 amide bonds. The van der Waals surface area contributed by atoms with E-state index in [1.54, 1.807) is 4.68 Å². The molecule has 0 radical (unpaired) electrons. The lowest BCUT2D eigenvalue weighted by Crippen LogP contribution is -2.37. The van der Waals surface area contributed by atoms with Crippen LogP contribution in [0.4, 0.5) is 0 Å². The zero-order valence-corrected chi connectivity index (χ0v) is 13.6. The third-order valence-electron chi connectivity index (χ3n) is 4.44. The number of carbonyl (C=O) groups excluding carboxylic acids is 1. The van der Waals surface area contributed by atoms with Gasteiger partial charge in [0.1, 0.15) is 0 Å². The monoisotopic (exact) mass is 329 g/mol. The predicted octanol–water partition coefficient (Wildman–Crippen LogP) is 1.55. The molecule has 23 heavy (non-hydrogen) atoms. The molecule has 0 saturated heterocycles. The molecule has 2 aromatic rings. The van der Waals surface area contributed by atoms with Gasteiger partial charge in [-0.15, -0.1) is 10.2 Å². The van der Waals surface area contributed by atoms with Crippen LogP contribution in [0, 0.1) is 0 Å². The Morgan fingerprint density at radius 3 is 2.83 bits per heavy atom. The highest BCUT2D eigenvalue weighted by Crippen LogP contribution is 2.39. The van der Waals surface area contributed by atoms with Crippen LogP contribution in [0.5, 0.6) is 0 Å². The summed E-state index contributed by atoms with van der Waals surface area (Å²) in [5, 5.41) is 8.87. The van der Waals surface area contributed by atoms with Gasteiger partial charge >= 0.3 is 0 Å². The molecular formula is C16H19N5OS. The molecule has 0 unspecified atom stereocenters. The summed E-state index contributed by atoms with van der Waals surface area (Å²) in [5.41, 5.74) is 2.59. The smallest absolute Gasteiger partial charge is 0.233 e. The Bertz CT molecular complexity index is 740. The number of rotatable bonds is 4. The third-order valence-corrected chi connectivity index (χ3v) is 5.37. The van der Waals surface area contributed by atoms with E-state index >= 15 is 0 Å². The zero-order chi connectivity index (χ0) is 15.8. The van der Waals surface area contributed by atoms with Crippen molar-refractivity contribution in [1.29, 1.82) is 0 Å². The SMILES string of the molecule is Nn1c(SCC(=O)N2CCc3ccccc3C2)nnc1C1CC1. The van der Waals surface area contributed by atoms with Crippen LogP contribution in [0.3, 0.4) is 0 Å². The molecule has 1 aromatic heterocycles. The summed E-state index contributed by atoms with van der Waals surface area (Å²) in [6.45, 7) is 1.47. The van der Waals surface area contributed by atoms with Gasteiger partial charge in [-0.1, -0.05) is 36.0 Å². The van der Waals surface area contributed by atoms with Gasteiger partial charge in [0.25, 0.3) is 0 Å². The first-order chi connectivity index (χ1) is 11.2. The van der Waals surface area contributed by atoms with Gasteiger partial charge in [-0.3, -0.25) is 4.79 Å². The lowest BCUT2D eigenvalue weighted by molar-refractivity contribution is -0.129. The zero-order valence-electron chi connectivity index (χ0n) is 12.8. The quantitative estimate of drug-likeness (QED) is 0.680. The summed E-state index contributed by atoms with van der Waals surface area (Å²) in [6.07, 6.45) is 3.18. The van der Waals surface area contributed by atoms with Crippen LogP contribution in [0.15, 0.2) is 29.4 Å². The van der Waals surface area contributed by atoms with Crippen LogP contribution in [0.2, 0.25) is 0 Å². The molecule has 1 aromatic carbocycles. The summed E-state index contributed by atoms with van der Waals surface area (Å²) < 4.78 is 1.54. The highest BCUT2D eigenvalue weighted by atomic mass is 32.2. The van der Waals surface area contributed by atoms with Crippen molar-refractivity contribution in [1.82, 2.24) is 19.8 Å². The number of nitrogens with two attached hydrogens (primary N) is 1. The van der Waals surface area contributed by atoms with Crippen LogP contribution in [0.25, 0.3) is 0 Å². The lowest BCUT2D eigenvalue weighted by Gasteiger charge is -2.28. The maximum Gasteiger partial charge on any atom is 0.233 e. The summed E-state index contributed by atoms with van der Waals surface area (Å²) in [7, 11) is 0. The fraction of sp³-hybridized carbons (Fsp3) is 0.438. The Morgan fingerprint density at radius 1 is 1.26 bits per heavy atom. The highest BCUT2D eigenvalue weighted by molar-refractivity contribution is 7.99. The molecule has 6 nitrogen and oxygen atoms in total. The first-order valence-corrected chi connectivity index (χ1v) is 8.88. The van der Waals surface area contributed by atoms with Crippen molar-refractivity contribution in [2.45, 2.75) is 36.9 Å². The van der Waals surface area contributed by atoms with Gasteiger partial charge in [0.2, 0.25) is 11.1 Å². The minimum absolute atomic E-state index is 0.125. The van der Waals surface area contributed by atoms with Crippen LogP contribution < -0.4 is 5.84 Å². The number of hydrogen-bond acceptors (Lipinski definition) is 5. The summed E-state index contributed by atoms with van der Waals surface area (Å²) in [4.78, 5) is 14.4. The minimum Gasteiger partial charge on any atom is -0.337 e. The standard InChI is InChI=1S/C16H19N5OS/c17-21-15(12-5-6-12)18-19-16(21)23-10-14(22)20-8-7-11-3-1-2-4-13(11)9-20/h1-4,12H,5-10,17H2. The normalized spacial score (nSPS) is 17.1. The fourth-order valence-corrected chi connectivity index (χ4v) is 3.70. The van der Waals surface area contributed by atoms with E-state index in [-0.39, 0.29) is 5.91 Å². The van der Waals surface area contributed by atoms with E-state index in [9.17, 15) is 4.79 Å². The molecule has 2 heterocycles. The van der Waals surface area contributed by atoms with E-state index < -0.39 is 0 Å². The van der Waals surface area contributed by atoms with Crippen molar-refractivity contribution in [3.8, 4) is 0 Å². The molecule has 2 aliphatic rings. The number of benzene rings is 1. The van der Waals surface area contributed by atoms with Crippen LogP contribution >= 0.6 is 11.8 Å². The first kappa shape index (κ1) is 14.6. The molecule has 0 atom stereocenters. The van der Waals surface area contributed by atoms with E-state index in [4.69, 9.17) is 5.84 Å². The third kappa shape index (κ3) is 2.93. The second kappa shape index (κ2) is 5.88. The summed E-state index contributed by atoms with van der Waals surface area (Å²) in [6, 6.07) is 8.32. The number of carbonyl (C=O) groups is 1. The van der Waals surface area contributed by atoms with Crippen molar-refractivity contribution in [3.63, 3.8) is 0 Å². The molecule has 120 valence electrons. The molecule has 7 heteroatoms.